The minimum atomic E-state index is -0.778. The van der Waals surface area contributed by atoms with E-state index in [0.717, 1.165) is 0 Å². The molecular weight excluding hydrogens is 379 g/mol. The second kappa shape index (κ2) is 7.37. The van der Waals surface area contributed by atoms with Gasteiger partial charge in [-0.1, -0.05) is 78.6 Å². The van der Waals surface area contributed by atoms with E-state index < -0.39 is 90.4 Å². The largest absolute Gasteiger partial charge is 0.494 e. The molecule has 31 heavy (non-hydrogen) atoms. The normalized spacial score (nSPS) is 22.2. The summed E-state index contributed by atoms with van der Waals surface area (Å²) in [4.78, 5) is 0. The van der Waals surface area contributed by atoms with Gasteiger partial charge in [0.15, 0.2) is 0 Å². The smallest absolute Gasteiger partial charge is 0.399 e. The molecule has 4 aromatic carbocycles. The van der Waals surface area contributed by atoms with Crippen LogP contribution in [-0.4, -0.2) is 18.3 Å². The van der Waals surface area contributed by atoms with Gasteiger partial charge in [-0.15, -0.1) is 0 Å². The van der Waals surface area contributed by atoms with Crippen molar-refractivity contribution in [2.45, 2.75) is 38.9 Å². The van der Waals surface area contributed by atoms with Gasteiger partial charge in [-0.05, 0) is 78.3 Å². The standard InChI is InChI=1S/C28H27BO2/c1-27(2)28(3,4)31-29(30-27)24-15-10-14-22(18-24)26-19-23(20-11-6-5-7-12-20)17-21-13-8-9-16-25(21)26/h5-19H,1-4H3/i5D,6D,7D,8D,9D,11D,12D,13D,16D,17D,19D. The Kier molecular flexibility index (Phi) is 2.64. The van der Waals surface area contributed by atoms with Crippen molar-refractivity contribution in [3.63, 3.8) is 0 Å². The van der Waals surface area contributed by atoms with Crippen LogP contribution in [0.3, 0.4) is 0 Å². The van der Waals surface area contributed by atoms with Crippen molar-refractivity contribution >= 4 is 23.4 Å². The lowest BCUT2D eigenvalue weighted by atomic mass is 9.77. The van der Waals surface area contributed by atoms with Gasteiger partial charge in [0, 0.05) is 0 Å². The molecule has 1 aliphatic heterocycles. The van der Waals surface area contributed by atoms with Crippen LogP contribution in [0.15, 0.2) is 90.7 Å². The lowest BCUT2D eigenvalue weighted by molar-refractivity contribution is 0.00578. The van der Waals surface area contributed by atoms with Gasteiger partial charge in [0.25, 0.3) is 0 Å². The monoisotopic (exact) mass is 417 g/mol. The first-order valence-electron chi connectivity index (χ1n) is 15.5. The molecule has 3 heteroatoms. The minimum Gasteiger partial charge on any atom is -0.399 e. The van der Waals surface area contributed by atoms with E-state index in [0.29, 0.717) is 11.0 Å². The summed E-state index contributed by atoms with van der Waals surface area (Å²) in [6, 6.07) is 0.488. The third kappa shape index (κ3) is 3.58. The molecule has 0 unspecified atom stereocenters. The third-order valence-corrected chi connectivity index (χ3v) is 5.89. The molecule has 1 fully saturated rings. The summed E-state index contributed by atoms with van der Waals surface area (Å²) in [7, 11) is -0.778. The molecule has 0 aliphatic carbocycles. The van der Waals surface area contributed by atoms with E-state index in [1.807, 2.05) is 27.7 Å². The van der Waals surface area contributed by atoms with Gasteiger partial charge in [-0.2, -0.15) is 0 Å². The molecule has 1 heterocycles. The number of benzene rings is 4. The Balaban J connectivity index is 1.92. The molecule has 0 radical (unpaired) electrons. The molecule has 154 valence electrons. The van der Waals surface area contributed by atoms with Crippen LogP contribution in [0.5, 0.6) is 0 Å². The van der Waals surface area contributed by atoms with Crippen LogP contribution in [0.25, 0.3) is 33.0 Å². The van der Waals surface area contributed by atoms with Crippen LogP contribution in [-0.2, 0) is 9.31 Å². The molecule has 1 saturated heterocycles. The third-order valence-electron chi connectivity index (χ3n) is 5.89. The van der Waals surface area contributed by atoms with Gasteiger partial charge < -0.3 is 9.31 Å². The molecule has 4 aromatic rings. The fourth-order valence-corrected chi connectivity index (χ4v) is 3.47. The van der Waals surface area contributed by atoms with Crippen molar-refractivity contribution in [1.29, 1.82) is 0 Å². The summed E-state index contributed by atoms with van der Waals surface area (Å²) >= 11 is 0. The topological polar surface area (TPSA) is 18.5 Å². The number of rotatable bonds is 3. The van der Waals surface area contributed by atoms with Crippen LogP contribution in [0, 0.1) is 0 Å². The van der Waals surface area contributed by atoms with Crippen LogP contribution in [0.4, 0.5) is 0 Å². The van der Waals surface area contributed by atoms with E-state index in [-0.39, 0.29) is 21.9 Å². The Morgan fingerprint density at radius 2 is 1.42 bits per heavy atom. The zero-order chi connectivity index (χ0) is 31.2. The van der Waals surface area contributed by atoms with E-state index in [1.54, 1.807) is 24.3 Å². The molecular formula is C28H27BO2. The maximum atomic E-state index is 9.26. The Hall–Kier alpha value is -2.88. The molecule has 0 amide bonds. The quantitative estimate of drug-likeness (QED) is 0.356. The Morgan fingerprint density at radius 3 is 2.16 bits per heavy atom. The fourth-order valence-electron chi connectivity index (χ4n) is 3.47. The first kappa shape index (κ1) is 11.1. The Bertz CT molecular complexity index is 1780. The highest BCUT2D eigenvalue weighted by Crippen LogP contribution is 2.37. The maximum absolute atomic E-state index is 9.26. The minimum absolute atomic E-state index is 0.0215. The maximum Gasteiger partial charge on any atom is 0.494 e. The van der Waals surface area contributed by atoms with Crippen molar-refractivity contribution in [3.05, 3.63) is 90.7 Å². The van der Waals surface area contributed by atoms with Crippen molar-refractivity contribution in [1.82, 2.24) is 0 Å². The van der Waals surface area contributed by atoms with Crippen molar-refractivity contribution in [3.8, 4) is 22.3 Å². The summed E-state index contributed by atoms with van der Waals surface area (Å²) in [5, 5.41) is -0.312. The highest BCUT2D eigenvalue weighted by molar-refractivity contribution is 6.62. The molecule has 2 nitrogen and oxygen atoms in total. The second-order valence-electron chi connectivity index (χ2n) is 8.46. The summed E-state index contributed by atoms with van der Waals surface area (Å²) in [6.45, 7) is 7.62. The predicted molar refractivity (Wildman–Crippen MR) is 131 cm³/mol. The molecule has 0 aromatic heterocycles. The molecule has 0 bridgehead atoms. The number of fused-ring (bicyclic) bond motifs is 1. The molecule has 1 aliphatic rings. The average Bonchev–Trinajstić information content (AvgIpc) is 3.16. The first-order chi connectivity index (χ1) is 19.4. The van der Waals surface area contributed by atoms with Gasteiger partial charge in [-0.25, -0.2) is 0 Å². The highest BCUT2D eigenvalue weighted by atomic mass is 16.7. The number of hydrogen-bond acceptors (Lipinski definition) is 2. The van der Waals surface area contributed by atoms with Gasteiger partial charge in [0.05, 0.1) is 26.3 Å². The molecule has 0 spiro atoms. The van der Waals surface area contributed by atoms with Crippen LogP contribution in [0.1, 0.15) is 42.8 Å². The van der Waals surface area contributed by atoms with E-state index in [2.05, 4.69) is 0 Å². The second-order valence-corrected chi connectivity index (χ2v) is 8.46. The molecule has 0 N–H and O–H groups in total. The van der Waals surface area contributed by atoms with Crippen LogP contribution >= 0.6 is 0 Å². The van der Waals surface area contributed by atoms with Gasteiger partial charge in [0.1, 0.15) is 0 Å². The van der Waals surface area contributed by atoms with Gasteiger partial charge in [0.2, 0.25) is 0 Å². The Labute approximate surface area is 200 Å². The summed E-state index contributed by atoms with van der Waals surface area (Å²) < 4.78 is 106. The zero-order valence-corrected chi connectivity index (χ0v) is 17.7. The zero-order valence-electron chi connectivity index (χ0n) is 28.7. The lowest BCUT2D eigenvalue weighted by Gasteiger charge is -2.32. The summed E-state index contributed by atoms with van der Waals surface area (Å²) in [5.41, 5.74) is -1.06. The predicted octanol–water partition coefficient (Wildman–Crippen LogP) is 6.47. The van der Waals surface area contributed by atoms with Crippen molar-refractivity contribution < 1.29 is 24.4 Å². The van der Waals surface area contributed by atoms with Crippen LogP contribution in [0.2, 0.25) is 0 Å². The molecule has 0 atom stereocenters. The summed E-state index contributed by atoms with van der Waals surface area (Å²) in [5.74, 6) is 0. The van der Waals surface area contributed by atoms with Crippen molar-refractivity contribution in [2.24, 2.45) is 0 Å². The van der Waals surface area contributed by atoms with E-state index in [1.165, 1.54) is 0 Å². The first-order valence-corrected chi connectivity index (χ1v) is 9.99. The summed E-state index contributed by atoms with van der Waals surface area (Å²) in [6.07, 6.45) is 0. The lowest BCUT2D eigenvalue weighted by Crippen LogP contribution is -2.41. The van der Waals surface area contributed by atoms with E-state index in [4.69, 9.17) is 23.0 Å². The molecule has 0 saturated carbocycles. The van der Waals surface area contributed by atoms with E-state index in [9.17, 15) is 1.37 Å². The SMILES string of the molecule is [2H]c1c([2H])c([2H])c(-c2c([2H])c(-c3cccc(B4OC(C)(C)C(C)(C)O4)c3)c3c([2H])c([2H])c([2H])c([2H])c3c2[2H])c([2H])c1[2H]. The van der Waals surface area contributed by atoms with Gasteiger partial charge >= 0.3 is 7.12 Å². The number of hydrogen-bond donors (Lipinski definition) is 0. The highest BCUT2D eigenvalue weighted by Gasteiger charge is 2.51. The molecule has 5 rings (SSSR count). The van der Waals surface area contributed by atoms with E-state index >= 15 is 0 Å². The van der Waals surface area contributed by atoms with Crippen LogP contribution < -0.4 is 5.46 Å². The average molecular weight is 417 g/mol. The van der Waals surface area contributed by atoms with Crippen molar-refractivity contribution in [2.75, 3.05) is 0 Å². The fraction of sp³-hybridized carbons (Fsp3) is 0.214. The Morgan fingerprint density at radius 1 is 0.742 bits per heavy atom. The van der Waals surface area contributed by atoms with Gasteiger partial charge in [-0.3, -0.25) is 0 Å².